The van der Waals surface area contributed by atoms with E-state index in [-0.39, 0.29) is 5.91 Å². The molecule has 1 saturated heterocycles. The van der Waals surface area contributed by atoms with Crippen molar-refractivity contribution in [3.05, 3.63) is 36.2 Å². The Balaban J connectivity index is 1.49. The van der Waals surface area contributed by atoms with Gasteiger partial charge in [0.1, 0.15) is 12.1 Å². The zero-order valence-electron chi connectivity index (χ0n) is 18.0. The van der Waals surface area contributed by atoms with Crippen LogP contribution in [-0.4, -0.2) is 47.9 Å². The number of hydrogen-bond acceptors (Lipinski definition) is 7. The predicted molar refractivity (Wildman–Crippen MR) is 121 cm³/mol. The highest BCUT2D eigenvalue weighted by Crippen LogP contribution is 2.32. The molecule has 0 unspecified atom stereocenters. The van der Waals surface area contributed by atoms with Gasteiger partial charge in [0, 0.05) is 18.1 Å². The van der Waals surface area contributed by atoms with Gasteiger partial charge in [-0.05, 0) is 50.7 Å². The largest absolute Gasteiger partial charge is 0.354 e. The van der Waals surface area contributed by atoms with Gasteiger partial charge in [-0.25, -0.2) is 9.97 Å². The molecule has 1 aromatic carbocycles. The summed E-state index contributed by atoms with van der Waals surface area (Å²) in [7, 11) is 0. The maximum absolute atomic E-state index is 12.6. The molecule has 1 aliphatic carbocycles. The van der Waals surface area contributed by atoms with Crippen LogP contribution in [0.15, 0.2) is 30.6 Å². The van der Waals surface area contributed by atoms with Gasteiger partial charge >= 0.3 is 0 Å². The van der Waals surface area contributed by atoms with Crippen molar-refractivity contribution in [3.8, 4) is 17.5 Å². The van der Waals surface area contributed by atoms with Crippen LogP contribution in [0.1, 0.15) is 50.1 Å². The molecule has 2 aliphatic rings. The Labute approximate surface area is 189 Å². The standard InChI is InChI=1S/C23H23N9O/c24-11-14-5-3-8-17-19(14)28-23(27-18-9-1-2-10-25-22(18)33)32-21(17)29-20(30-32)15-12-26-31(13-15)16-6-4-7-16/h3,5,8,12-13,16,18H,1-2,4,6-7,9-10H2,(H,25,33)(H,27,28)/t18-/m1/s1. The lowest BCUT2D eigenvalue weighted by atomic mass is 9.93. The van der Waals surface area contributed by atoms with Gasteiger partial charge in [0.05, 0.1) is 28.9 Å². The topological polar surface area (TPSA) is 126 Å². The molecule has 1 atom stereocenters. The molecule has 166 valence electrons. The number of carbonyl (C=O) groups excluding carboxylic acids is 1. The third-order valence-electron chi connectivity index (χ3n) is 6.57. The molecule has 0 spiro atoms. The summed E-state index contributed by atoms with van der Waals surface area (Å²) in [6, 6.07) is 7.66. The summed E-state index contributed by atoms with van der Waals surface area (Å²) >= 11 is 0. The van der Waals surface area contributed by atoms with Crippen LogP contribution < -0.4 is 10.6 Å². The Morgan fingerprint density at radius 3 is 2.88 bits per heavy atom. The number of carbonyl (C=O) groups is 1. The molecule has 0 radical (unpaired) electrons. The SMILES string of the molecule is N#Cc1cccc2c1nc(N[C@@H]1CCCCNC1=O)n1nc(-c3cnn(C4CCC4)c3)nc21. The van der Waals surface area contributed by atoms with Crippen molar-refractivity contribution in [3.63, 3.8) is 0 Å². The Morgan fingerprint density at radius 2 is 2.06 bits per heavy atom. The fourth-order valence-corrected chi connectivity index (χ4v) is 4.48. The van der Waals surface area contributed by atoms with E-state index in [9.17, 15) is 10.1 Å². The molecule has 4 aromatic rings. The van der Waals surface area contributed by atoms with E-state index in [2.05, 4.69) is 21.8 Å². The highest BCUT2D eigenvalue weighted by molar-refractivity contribution is 5.96. The van der Waals surface area contributed by atoms with Gasteiger partial charge in [-0.15, -0.1) is 5.10 Å². The summed E-state index contributed by atoms with van der Waals surface area (Å²) in [6.45, 7) is 0.675. The molecule has 33 heavy (non-hydrogen) atoms. The number of nitrogens with zero attached hydrogens (tertiary/aromatic N) is 7. The quantitative estimate of drug-likeness (QED) is 0.499. The lowest BCUT2D eigenvalue weighted by Crippen LogP contribution is -2.38. The zero-order valence-corrected chi connectivity index (χ0v) is 18.0. The Morgan fingerprint density at radius 1 is 1.15 bits per heavy atom. The van der Waals surface area contributed by atoms with E-state index >= 15 is 0 Å². The molecule has 2 N–H and O–H groups in total. The van der Waals surface area contributed by atoms with E-state index in [1.54, 1.807) is 16.8 Å². The van der Waals surface area contributed by atoms with Gasteiger partial charge in [-0.1, -0.05) is 6.07 Å². The van der Waals surface area contributed by atoms with Crippen LogP contribution in [0.2, 0.25) is 0 Å². The van der Waals surface area contributed by atoms with Crippen LogP contribution in [0.25, 0.3) is 27.9 Å². The van der Waals surface area contributed by atoms with E-state index in [0.29, 0.717) is 47.5 Å². The van der Waals surface area contributed by atoms with Gasteiger partial charge in [0.25, 0.3) is 0 Å². The van der Waals surface area contributed by atoms with E-state index in [0.717, 1.165) is 36.6 Å². The fraction of sp³-hybridized carbons (Fsp3) is 0.391. The average molecular weight is 441 g/mol. The molecule has 1 amide bonds. The van der Waals surface area contributed by atoms with E-state index in [4.69, 9.17) is 15.1 Å². The van der Waals surface area contributed by atoms with Crippen LogP contribution in [-0.2, 0) is 4.79 Å². The first-order valence-electron chi connectivity index (χ1n) is 11.4. The fourth-order valence-electron chi connectivity index (χ4n) is 4.48. The zero-order chi connectivity index (χ0) is 22.4. The summed E-state index contributed by atoms with van der Waals surface area (Å²) in [6.07, 6.45) is 9.86. The number of anilines is 1. The first-order valence-corrected chi connectivity index (χ1v) is 11.4. The number of amides is 1. The number of para-hydroxylation sites is 1. The lowest BCUT2D eigenvalue weighted by molar-refractivity contribution is -0.121. The van der Waals surface area contributed by atoms with Crippen molar-refractivity contribution in [2.24, 2.45) is 0 Å². The maximum Gasteiger partial charge on any atom is 0.242 e. The monoisotopic (exact) mass is 441 g/mol. The van der Waals surface area contributed by atoms with Crippen LogP contribution in [0, 0.1) is 11.3 Å². The van der Waals surface area contributed by atoms with Crippen LogP contribution >= 0.6 is 0 Å². The first kappa shape index (κ1) is 19.7. The molecule has 10 nitrogen and oxygen atoms in total. The van der Waals surface area contributed by atoms with Gasteiger partial charge < -0.3 is 10.6 Å². The third kappa shape index (κ3) is 3.36. The molecular formula is C23H23N9O. The minimum atomic E-state index is -0.427. The van der Waals surface area contributed by atoms with Crippen molar-refractivity contribution < 1.29 is 4.79 Å². The molecule has 0 bridgehead atoms. The number of hydrogen-bond donors (Lipinski definition) is 2. The summed E-state index contributed by atoms with van der Waals surface area (Å²) in [4.78, 5) is 22.1. The lowest BCUT2D eigenvalue weighted by Gasteiger charge is -2.25. The van der Waals surface area contributed by atoms with Gasteiger partial charge in [0.15, 0.2) is 11.5 Å². The second kappa shape index (κ2) is 7.85. The van der Waals surface area contributed by atoms with Gasteiger partial charge in [-0.3, -0.25) is 9.48 Å². The molecular weight excluding hydrogens is 418 g/mol. The summed E-state index contributed by atoms with van der Waals surface area (Å²) < 4.78 is 3.63. The number of benzene rings is 1. The summed E-state index contributed by atoms with van der Waals surface area (Å²) in [5.41, 5.74) is 2.40. The van der Waals surface area contributed by atoms with Gasteiger partial charge in [0.2, 0.25) is 11.9 Å². The first-order chi connectivity index (χ1) is 16.2. The maximum atomic E-state index is 12.6. The third-order valence-corrected chi connectivity index (χ3v) is 6.57. The van der Waals surface area contributed by atoms with E-state index < -0.39 is 6.04 Å². The number of fused-ring (bicyclic) bond motifs is 3. The Hall–Kier alpha value is -4.00. The minimum absolute atomic E-state index is 0.0572. The Bertz CT molecular complexity index is 1410. The van der Waals surface area contributed by atoms with Crippen molar-refractivity contribution >= 4 is 28.4 Å². The molecule has 1 aliphatic heterocycles. The highest BCUT2D eigenvalue weighted by Gasteiger charge is 2.25. The second-order valence-corrected chi connectivity index (χ2v) is 8.70. The molecule has 4 heterocycles. The average Bonchev–Trinajstić information content (AvgIpc) is 3.39. The number of nitriles is 1. The molecule has 2 fully saturated rings. The van der Waals surface area contributed by atoms with Crippen LogP contribution in [0.5, 0.6) is 0 Å². The number of aromatic nitrogens is 6. The molecule has 3 aromatic heterocycles. The molecule has 6 rings (SSSR count). The second-order valence-electron chi connectivity index (χ2n) is 8.70. The predicted octanol–water partition coefficient (Wildman–Crippen LogP) is 2.82. The Kier molecular flexibility index (Phi) is 4.68. The molecule has 10 heteroatoms. The normalized spacial score (nSPS) is 19.1. The number of nitrogens with one attached hydrogen (secondary N) is 2. The van der Waals surface area contributed by atoms with Gasteiger partial charge in [-0.2, -0.15) is 14.9 Å². The van der Waals surface area contributed by atoms with E-state index in [1.165, 1.54) is 6.42 Å². The van der Waals surface area contributed by atoms with Crippen LogP contribution in [0.4, 0.5) is 5.95 Å². The van der Waals surface area contributed by atoms with Crippen molar-refractivity contribution in [1.82, 2.24) is 34.7 Å². The highest BCUT2D eigenvalue weighted by atomic mass is 16.2. The van der Waals surface area contributed by atoms with Crippen molar-refractivity contribution in [2.45, 2.75) is 50.6 Å². The number of rotatable bonds is 4. The van der Waals surface area contributed by atoms with Crippen LogP contribution in [0.3, 0.4) is 0 Å². The summed E-state index contributed by atoms with van der Waals surface area (Å²) in [5.74, 6) is 0.871. The van der Waals surface area contributed by atoms with Crippen molar-refractivity contribution in [1.29, 1.82) is 5.26 Å². The summed E-state index contributed by atoms with van der Waals surface area (Å²) in [5, 5.41) is 25.8. The van der Waals surface area contributed by atoms with Crippen molar-refractivity contribution in [2.75, 3.05) is 11.9 Å². The molecule has 1 saturated carbocycles. The minimum Gasteiger partial charge on any atom is -0.354 e. The van der Waals surface area contributed by atoms with E-state index in [1.807, 2.05) is 23.0 Å². The smallest absolute Gasteiger partial charge is 0.242 e.